The van der Waals surface area contributed by atoms with Crippen molar-refractivity contribution in [3.63, 3.8) is 0 Å². The zero-order valence-corrected chi connectivity index (χ0v) is 17.8. The number of amides is 2. The lowest BCUT2D eigenvalue weighted by atomic mass is 9.99. The molecule has 33 heavy (non-hydrogen) atoms. The van der Waals surface area contributed by atoms with Crippen LogP contribution >= 0.6 is 0 Å². The van der Waals surface area contributed by atoms with Crippen molar-refractivity contribution in [3.8, 4) is 0 Å². The number of carbonyl (C=O) groups excluding carboxylic acids is 1. The van der Waals surface area contributed by atoms with Crippen molar-refractivity contribution >= 4 is 6.03 Å². The molecule has 0 aromatic heterocycles. The van der Waals surface area contributed by atoms with Gasteiger partial charge in [0.1, 0.15) is 0 Å². The maximum absolute atomic E-state index is 13.3. The monoisotopic (exact) mass is 472 g/mol. The Balaban J connectivity index is 1.64. The van der Waals surface area contributed by atoms with Crippen molar-refractivity contribution in [1.82, 2.24) is 9.80 Å². The number of aliphatic hydroxyl groups is 1. The van der Waals surface area contributed by atoms with E-state index in [9.17, 15) is 36.2 Å². The van der Waals surface area contributed by atoms with E-state index in [-0.39, 0.29) is 24.1 Å². The number of piperidine rings is 1. The minimum absolute atomic E-state index is 0.0625. The zero-order chi connectivity index (χ0) is 24.3. The van der Waals surface area contributed by atoms with Crippen molar-refractivity contribution in [2.45, 2.75) is 43.4 Å². The minimum atomic E-state index is -4.98. The number of benzene rings is 2. The van der Waals surface area contributed by atoms with Crippen LogP contribution in [0, 0.1) is 5.92 Å². The van der Waals surface area contributed by atoms with Crippen LogP contribution in [0.15, 0.2) is 48.5 Å². The summed E-state index contributed by atoms with van der Waals surface area (Å²) >= 11 is 0. The molecule has 1 N–H and O–H groups in total. The lowest BCUT2D eigenvalue weighted by Gasteiger charge is -2.36. The molecule has 2 aromatic carbocycles. The van der Waals surface area contributed by atoms with E-state index in [1.165, 1.54) is 18.9 Å². The van der Waals surface area contributed by atoms with Crippen LogP contribution in [0.5, 0.6) is 0 Å². The zero-order valence-electron chi connectivity index (χ0n) is 17.8. The van der Waals surface area contributed by atoms with E-state index in [0.717, 1.165) is 4.90 Å². The third-order valence-corrected chi connectivity index (χ3v) is 6.66. The Kier molecular flexibility index (Phi) is 5.42. The standard InChI is InChI=1S/C23H22F6N2O2/c1-13(15-8-16(22(24,25)26)10-17(9-15)23(27,28)29)30(2)20(32)31-12-18-11-21(18,33)19(31)14-6-4-3-5-7-14/h3-10,13,18-19,33H,11-12H2,1-2H3/t13?,18-,19+,21+/m1/s1. The molecule has 2 fully saturated rings. The smallest absolute Gasteiger partial charge is 0.387 e. The first kappa shape index (κ1) is 23.4. The summed E-state index contributed by atoms with van der Waals surface area (Å²) < 4.78 is 79.5. The number of nitrogens with zero attached hydrogens (tertiary/aromatic N) is 2. The van der Waals surface area contributed by atoms with Gasteiger partial charge in [0.15, 0.2) is 0 Å². The largest absolute Gasteiger partial charge is 0.416 e. The van der Waals surface area contributed by atoms with E-state index < -0.39 is 47.2 Å². The molecule has 4 atom stereocenters. The van der Waals surface area contributed by atoms with Crippen LogP contribution in [0.1, 0.15) is 47.7 Å². The van der Waals surface area contributed by atoms with E-state index in [2.05, 4.69) is 0 Å². The number of fused-ring (bicyclic) bond motifs is 1. The number of carbonyl (C=O) groups is 1. The topological polar surface area (TPSA) is 43.8 Å². The van der Waals surface area contributed by atoms with Gasteiger partial charge in [0.2, 0.25) is 0 Å². The van der Waals surface area contributed by atoms with Crippen molar-refractivity contribution in [1.29, 1.82) is 0 Å². The molecular formula is C23H22F6N2O2. The predicted molar refractivity (Wildman–Crippen MR) is 107 cm³/mol. The summed E-state index contributed by atoms with van der Waals surface area (Å²) in [4.78, 5) is 15.9. The average Bonchev–Trinajstić information content (AvgIpc) is 3.31. The maximum Gasteiger partial charge on any atom is 0.416 e. The fraction of sp³-hybridized carbons (Fsp3) is 0.435. The Bertz CT molecular complexity index is 1020. The molecule has 4 rings (SSSR count). The number of hydrogen-bond donors (Lipinski definition) is 1. The summed E-state index contributed by atoms with van der Waals surface area (Å²) in [6.07, 6.45) is -9.43. The molecule has 1 saturated heterocycles. The van der Waals surface area contributed by atoms with Gasteiger partial charge in [0.25, 0.3) is 0 Å². The number of hydrogen-bond acceptors (Lipinski definition) is 2. The Morgan fingerprint density at radius 3 is 2.12 bits per heavy atom. The fourth-order valence-corrected chi connectivity index (χ4v) is 4.61. The number of rotatable bonds is 3. The normalized spacial score (nSPS) is 25.5. The molecular weight excluding hydrogens is 450 g/mol. The van der Waals surface area contributed by atoms with Gasteiger partial charge in [-0.05, 0) is 42.7 Å². The van der Waals surface area contributed by atoms with Gasteiger partial charge in [-0.3, -0.25) is 0 Å². The Labute approximate surface area is 186 Å². The summed E-state index contributed by atoms with van der Waals surface area (Å²) in [5, 5.41) is 10.9. The SMILES string of the molecule is CC(c1cc(C(F)(F)F)cc(C(F)(F)F)c1)N(C)C(=O)N1C[C@H]2C[C@@]2(O)[C@@H]1c1ccccc1. The molecule has 1 aliphatic heterocycles. The first-order chi connectivity index (χ1) is 15.2. The molecule has 2 aliphatic rings. The highest BCUT2D eigenvalue weighted by Gasteiger charge is 2.67. The molecule has 1 heterocycles. The van der Waals surface area contributed by atoms with Crippen molar-refractivity contribution < 1.29 is 36.2 Å². The van der Waals surface area contributed by atoms with E-state index in [4.69, 9.17) is 0 Å². The number of urea groups is 1. The lowest BCUT2D eigenvalue weighted by Crippen LogP contribution is -2.45. The Hall–Kier alpha value is -2.75. The quantitative estimate of drug-likeness (QED) is 0.588. The summed E-state index contributed by atoms with van der Waals surface area (Å²) in [6.45, 7) is 1.62. The molecule has 178 valence electrons. The third-order valence-electron chi connectivity index (χ3n) is 6.66. The van der Waals surface area contributed by atoms with E-state index in [0.29, 0.717) is 24.1 Å². The van der Waals surface area contributed by atoms with Crippen LogP contribution < -0.4 is 0 Å². The van der Waals surface area contributed by atoms with E-state index >= 15 is 0 Å². The average molecular weight is 472 g/mol. The molecule has 1 unspecified atom stereocenters. The molecule has 10 heteroatoms. The van der Waals surface area contributed by atoms with Gasteiger partial charge in [-0.1, -0.05) is 30.3 Å². The molecule has 1 saturated carbocycles. The summed E-state index contributed by atoms with van der Waals surface area (Å²) in [5.74, 6) is -0.124. The lowest BCUT2D eigenvalue weighted by molar-refractivity contribution is -0.143. The van der Waals surface area contributed by atoms with Gasteiger partial charge in [-0.15, -0.1) is 0 Å². The molecule has 2 amide bonds. The first-order valence-electron chi connectivity index (χ1n) is 10.3. The number of likely N-dealkylation sites (tertiary alicyclic amines) is 1. The Morgan fingerprint density at radius 1 is 1.06 bits per heavy atom. The van der Waals surface area contributed by atoms with Gasteiger partial charge >= 0.3 is 18.4 Å². The fourth-order valence-electron chi connectivity index (χ4n) is 4.61. The Morgan fingerprint density at radius 2 is 1.61 bits per heavy atom. The van der Waals surface area contributed by atoms with E-state index in [1.54, 1.807) is 30.3 Å². The first-order valence-corrected chi connectivity index (χ1v) is 10.3. The van der Waals surface area contributed by atoms with Crippen LogP contribution in [-0.2, 0) is 12.4 Å². The van der Waals surface area contributed by atoms with Crippen LogP contribution in [0.25, 0.3) is 0 Å². The molecule has 0 radical (unpaired) electrons. The van der Waals surface area contributed by atoms with E-state index in [1.807, 2.05) is 0 Å². The molecule has 4 nitrogen and oxygen atoms in total. The van der Waals surface area contributed by atoms with Crippen molar-refractivity contribution in [2.75, 3.05) is 13.6 Å². The number of halogens is 6. The molecule has 0 spiro atoms. The minimum Gasteiger partial charge on any atom is -0.387 e. The van der Waals surface area contributed by atoms with Crippen molar-refractivity contribution in [2.24, 2.45) is 5.92 Å². The number of alkyl halides is 6. The van der Waals surface area contributed by atoms with Gasteiger partial charge in [-0.2, -0.15) is 26.3 Å². The second kappa shape index (κ2) is 7.65. The highest BCUT2D eigenvalue weighted by atomic mass is 19.4. The van der Waals surface area contributed by atoms with Crippen molar-refractivity contribution in [3.05, 3.63) is 70.8 Å². The molecule has 0 bridgehead atoms. The van der Waals surface area contributed by atoms with Crippen LogP contribution in [0.3, 0.4) is 0 Å². The molecule has 2 aromatic rings. The summed E-state index contributed by atoms with van der Waals surface area (Å²) in [7, 11) is 1.33. The summed E-state index contributed by atoms with van der Waals surface area (Å²) in [5.41, 5.74) is -3.52. The van der Waals surface area contributed by atoms with Crippen LogP contribution in [0.4, 0.5) is 31.1 Å². The highest BCUT2D eigenvalue weighted by molar-refractivity contribution is 5.76. The van der Waals surface area contributed by atoms with Gasteiger partial charge in [0, 0.05) is 19.5 Å². The van der Waals surface area contributed by atoms with Crippen LogP contribution in [-0.4, -0.2) is 40.1 Å². The second-order valence-corrected chi connectivity index (χ2v) is 8.77. The second-order valence-electron chi connectivity index (χ2n) is 8.77. The summed E-state index contributed by atoms with van der Waals surface area (Å²) in [6, 6.07) is 7.90. The molecule has 1 aliphatic carbocycles. The van der Waals surface area contributed by atoms with Gasteiger partial charge < -0.3 is 14.9 Å². The predicted octanol–water partition coefficient (Wildman–Crippen LogP) is 5.64. The van der Waals surface area contributed by atoms with Gasteiger partial charge in [-0.25, -0.2) is 4.79 Å². The highest BCUT2D eigenvalue weighted by Crippen LogP contribution is 2.60. The van der Waals surface area contributed by atoms with Gasteiger partial charge in [0.05, 0.1) is 28.8 Å². The van der Waals surface area contributed by atoms with Crippen LogP contribution in [0.2, 0.25) is 0 Å². The third kappa shape index (κ3) is 4.16. The maximum atomic E-state index is 13.3.